The summed E-state index contributed by atoms with van der Waals surface area (Å²) >= 11 is 1.69. The maximum Gasteiger partial charge on any atom is 0.305 e. The third kappa shape index (κ3) is 4.41. The van der Waals surface area contributed by atoms with E-state index in [1.807, 2.05) is 30.3 Å². The lowest BCUT2D eigenvalue weighted by molar-refractivity contribution is -0.136. The van der Waals surface area contributed by atoms with Crippen molar-refractivity contribution in [1.29, 1.82) is 0 Å². The first-order valence-electron chi connectivity index (χ1n) is 6.28. The fourth-order valence-corrected chi connectivity index (χ4v) is 2.64. The van der Waals surface area contributed by atoms with E-state index >= 15 is 0 Å². The molecule has 0 aliphatic heterocycles. The van der Waals surface area contributed by atoms with Crippen molar-refractivity contribution in [3.63, 3.8) is 0 Å². The number of thiophene rings is 1. The molecular weight excluding hydrogens is 258 g/mol. The predicted octanol–water partition coefficient (Wildman–Crippen LogP) is 3.27. The van der Waals surface area contributed by atoms with Gasteiger partial charge in [0.15, 0.2) is 0 Å². The summed E-state index contributed by atoms with van der Waals surface area (Å²) in [6.07, 6.45) is 1.11. The zero-order valence-electron chi connectivity index (χ0n) is 10.7. The number of anilines is 1. The van der Waals surface area contributed by atoms with Crippen LogP contribution >= 0.6 is 11.3 Å². The molecule has 19 heavy (non-hydrogen) atoms. The average molecular weight is 275 g/mol. The third-order valence-electron chi connectivity index (χ3n) is 2.97. The third-order valence-corrected chi connectivity index (χ3v) is 3.70. The van der Waals surface area contributed by atoms with E-state index in [9.17, 15) is 4.79 Å². The number of hydrogen-bond acceptors (Lipinski definition) is 3. The Morgan fingerprint density at radius 2 is 1.95 bits per heavy atom. The van der Waals surface area contributed by atoms with Crippen LogP contribution in [-0.4, -0.2) is 24.2 Å². The summed E-state index contributed by atoms with van der Waals surface area (Å²) in [6.45, 7) is 1.39. The number of carboxylic acid groups (broad SMARTS) is 1. The molecule has 2 aromatic rings. The van der Waals surface area contributed by atoms with E-state index in [0.717, 1.165) is 18.7 Å². The highest BCUT2D eigenvalue weighted by Crippen LogP contribution is 2.15. The molecule has 3 nitrogen and oxygen atoms in total. The maximum atomic E-state index is 10.7. The zero-order chi connectivity index (χ0) is 13.5. The second kappa shape index (κ2) is 6.95. The summed E-state index contributed by atoms with van der Waals surface area (Å²) in [5.41, 5.74) is 2.39. The molecule has 0 aliphatic carbocycles. The molecule has 0 radical (unpaired) electrons. The Kier molecular flexibility index (Phi) is 4.98. The van der Waals surface area contributed by atoms with Gasteiger partial charge in [-0.15, -0.1) is 0 Å². The summed E-state index contributed by atoms with van der Waals surface area (Å²) in [5.74, 6) is -0.753. The summed E-state index contributed by atoms with van der Waals surface area (Å²) in [5, 5.41) is 13.0. The zero-order valence-corrected chi connectivity index (χ0v) is 11.5. The van der Waals surface area contributed by atoms with Gasteiger partial charge in [-0.2, -0.15) is 11.3 Å². The molecule has 0 unspecified atom stereocenters. The highest BCUT2D eigenvalue weighted by molar-refractivity contribution is 7.07. The van der Waals surface area contributed by atoms with Crippen molar-refractivity contribution < 1.29 is 9.90 Å². The van der Waals surface area contributed by atoms with E-state index in [1.165, 1.54) is 5.56 Å². The number of para-hydroxylation sites is 1. The topological polar surface area (TPSA) is 40.5 Å². The quantitative estimate of drug-likeness (QED) is 0.843. The van der Waals surface area contributed by atoms with Gasteiger partial charge in [0.1, 0.15) is 0 Å². The van der Waals surface area contributed by atoms with Crippen LogP contribution in [0.1, 0.15) is 12.0 Å². The van der Waals surface area contributed by atoms with Crippen LogP contribution in [0.4, 0.5) is 5.69 Å². The Labute approximate surface area is 117 Å². The highest BCUT2D eigenvalue weighted by atomic mass is 32.1. The molecule has 1 aromatic carbocycles. The maximum absolute atomic E-state index is 10.7. The molecule has 1 N–H and O–H groups in total. The molecule has 0 aliphatic rings. The van der Waals surface area contributed by atoms with Crippen LogP contribution in [0.2, 0.25) is 0 Å². The summed E-state index contributed by atoms with van der Waals surface area (Å²) in [4.78, 5) is 12.9. The van der Waals surface area contributed by atoms with E-state index in [1.54, 1.807) is 11.3 Å². The minimum atomic E-state index is -0.753. The van der Waals surface area contributed by atoms with Crippen molar-refractivity contribution >= 4 is 23.0 Å². The van der Waals surface area contributed by atoms with Crippen LogP contribution < -0.4 is 4.90 Å². The van der Waals surface area contributed by atoms with Crippen LogP contribution in [0.3, 0.4) is 0 Å². The summed E-state index contributed by atoms with van der Waals surface area (Å²) in [7, 11) is 0. The van der Waals surface area contributed by atoms with Crippen molar-refractivity contribution in [3.05, 3.63) is 52.7 Å². The first-order chi connectivity index (χ1) is 9.25. The number of carboxylic acids is 1. The molecule has 0 spiro atoms. The average Bonchev–Trinajstić information content (AvgIpc) is 2.93. The van der Waals surface area contributed by atoms with Gasteiger partial charge in [0, 0.05) is 18.8 Å². The summed E-state index contributed by atoms with van der Waals surface area (Å²) in [6, 6.07) is 12.1. The Bertz CT molecular complexity index is 496. The van der Waals surface area contributed by atoms with Crippen LogP contribution in [0.25, 0.3) is 0 Å². The number of benzene rings is 1. The van der Waals surface area contributed by atoms with E-state index in [2.05, 4.69) is 21.7 Å². The smallest absolute Gasteiger partial charge is 0.305 e. The fourth-order valence-electron chi connectivity index (χ4n) is 1.94. The highest BCUT2D eigenvalue weighted by Gasteiger charge is 2.08. The van der Waals surface area contributed by atoms with Gasteiger partial charge in [-0.3, -0.25) is 4.79 Å². The van der Waals surface area contributed by atoms with Gasteiger partial charge in [0.05, 0.1) is 6.42 Å². The minimum Gasteiger partial charge on any atom is -0.481 e. The van der Waals surface area contributed by atoms with Crippen molar-refractivity contribution in [2.24, 2.45) is 0 Å². The van der Waals surface area contributed by atoms with Crippen molar-refractivity contribution in [2.75, 3.05) is 18.0 Å². The van der Waals surface area contributed by atoms with Crippen molar-refractivity contribution in [2.45, 2.75) is 12.8 Å². The molecule has 0 fully saturated rings. The Morgan fingerprint density at radius 1 is 1.16 bits per heavy atom. The van der Waals surface area contributed by atoms with Gasteiger partial charge < -0.3 is 10.0 Å². The molecule has 0 amide bonds. The van der Waals surface area contributed by atoms with Crippen LogP contribution in [0.15, 0.2) is 47.2 Å². The number of rotatable bonds is 7. The summed E-state index contributed by atoms with van der Waals surface area (Å²) < 4.78 is 0. The Balaban J connectivity index is 1.99. The van der Waals surface area contributed by atoms with E-state index in [4.69, 9.17) is 5.11 Å². The fraction of sp³-hybridized carbons (Fsp3) is 0.267. The lowest BCUT2D eigenvalue weighted by Gasteiger charge is -2.24. The van der Waals surface area contributed by atoms with Gasteiger partial charge >= 0.3 is 5.97 Å². The van der Waals surface area contributed by atoms with Gasteiger partial charge in [-0.25, -0.2) is 0 Å². The molecule has 100 valence electrons. The predicted molar refractivity (Wildman–Crippen MR) is 78.9 cm³/mol. The van der Waals surface area contributed by atoms with Gasteiger partial charge in [-0.1, -0.05) is 18.2 Å². The minimum absolute atomic E-state index is 0.165. The first kappa shape index (κ1) is 13.6. The molecule has 0 bridgehead atoms. The van der Waals surface area contributed by atoms with Crippen LogP contribution in [0.5, 0.6) is 0 Å². The van der Waals surface area contributed by atoms with E-state index in [-0.39, 0.29) is 6.42 Å². The molecule has 1 heterocycles. The Hall–Kier alpha value is -1.81. The molecule has 2 rings (SSSR count). The monoisotopic (exact) mass is 275 g/mol. The number of aliphatic carboxylic acids is 1. The molecule has 0 saturated heterocycles. The molecule has 4 heteroatoms. The van der Waals surface area contributed by atoms with Crippen LogP contribution in [-0.2, 0) is 11.2 Å². The molecule has 0 atom stereocenters. The molecular formula is C15H17NO2S. The van der Waals surface area contributed by atoms with Crippen molar-refractivity contribution in [3.8, 4) is 0 Å². The molecule has 0 saturated carbocycles. The standard InChI is InChI=1S/C15H17NO2S/c17-15(18)7-10-16(14-4-2-1-3-5-14)9-6-13-8-11-19-12-13/h1-5,8,11-12H,6-7,9-10H2,(H,17,18). The largest absolute Gasteiger partial charge is 0.481 e. The SMILES string of the molecule is O=C(O)CCN(CCc1ccsc1)c1ccccc1. The van der Waals surface area contributed by atoms with Gasteiger partial charge in [0.25, 0.3) is 0 Å². The lowest BCUT2D eigenvalue weighted by Crippen LogP contribution is -2.28. The lowest BCUT2D eigenvalue weighted by atomic mass is 10.2. The number of nitrogens with zero attached hydrogens (tertiary/aromatic N) is 1. The second-order valence-corrected chi connectivity index (χ2v) is 5.13. The second-order valence-electron chi connectivity index (χ2n) is 4.35. The normalized spacial score (nSPS) is 10.3. The van der Waals surface area contributed by atoms with E-state index < -0.39 is 5.97 Å². The van der Waals surface area contributed by atoms with Crippen molar-refractivity contribution in [1.82, 2.24) is 0 Å². The number of hydrogen-bond donors (Lipinski definition) is 1. The number of carbonyl (C=O) groups is 1. The van der Waals surface area contributed by atoms with E-state index in [0.29, 0.717) is 6.54 Å². The first-order valence-corrected chi connectivity index (χ1v) is 7.23. The van der Waals surface area contributed by atoms with Crippen LogP contribution in [0, 0.1) is 0 Å². The van der Waals surface area contributed by atoms with Gasteiger partial charge in [-0.05, 0) is 40.9 Å². The van der Waals surface area contributed by atoms with Gasteiger partial charge in [0.2, 0.25) is 0 Å². The molecule has 1 aromatic heterocycles. The Morgan fingerprint density at radius 3 is 2.58 bits per heavy atom.